The third kappa shape index (κ3) is 26.1. The van der Waals surface area contributed by atoms with Gasteiger partial charge in [-0.25, -0.2) is 0 Å². The maximum absolute atomic E-state index is 13.0. The minimum atomic E-state index is -4.72. The van der Waals surface area contributed by atoms with Crippen molar-refractivity contribution in [3.05, 3.63) is 0 Å². The van der Waals surface area contributed by atoms with Gasteiger partial charge in [0.2, 0.25) is 0 Å². The van der Waals surface area contributed by atoms with Crippen molar-refractivity contribution in [3.63, 3.8) is 0 Å². The first-order valence-electron chi connectivity index (χ1n) is 25.1. The van der Waals surface area contributed by atoms with Gasteiger partial charge in [-0.15, -0.1) is 0 Å². The summed E-state index contributed by atoms with van der Waals surface area (Å²) >= 11 is 0. The van der Waals surface area contributed by atoms with Crippen LogP contribution in [-0.2, 0) is 48.1 Å². The zero-order valence-corrected chi connectivity index (χ0v) is 40.4. The van der Waals surface area contributed by atoms with Crippen molar-refractivity contribution in [2.24, 2.45) is 0 Å². The molecule has 2 rings (SSSR count). The van der Waals surface area contributed by atoms with E-state index in [0.717, 1.165) is 38.5 Å². The molecule has 0 saturated carbocycles. The molecule has 65 heavy (non-hydrogen) atoms. The van der Waals surface area contributed by atoms with E-state index in [1.165, 1.54) is 116 Å². The number of carbonyl (C=O) groups is 2. The Morgan fingerprint density at radius 2 is 0.938 bits per heavy atom. The lowest BCUT2D eigenvalue weighted by Crippen LogP contribution is -2.65. The van der Waals surface area contributed by atoms with Crippen molar-refractivity contribution >= 4 is 22.1 Å². The lowest BCUT2D eigenvalue weighted by atomic mass is 9.97. The third-order valence-corrected chi connectivity index (χ3v) is 13.0. The van der Waals surface area contributed by atoms with Gasteiger partial charge in [0.15, 0.2) is 18.7 Å². The van der Waals surface area contributed by atoms with E-state index in [9.17, 15) is 53.2 Å². The molecule has 18 heteroatoms. The van der Waals surface area contributed by atoms with Crippen LogP contribution in [0.2, 0.25) is 0 Å². The van der Waals surface area contributed by atoms with Crippen LogP contribution in [0.3, 0.4) is 0 Å². The number of rotatable bonds is 39. The molecule has 2 saturated heterocycles. The SMILES string of the molecule is CCCCCCCCCCCCCCCC(=O)OCC(COC1OC(CO)C(OC2OC(CS(=O)(=O)O)C(O)C(O)C2O)C(O)C1O)OC(=O)CCCCCCCCCCCCCCC. The van der Waals surface area contributed by atoms with Crippen LogP contribution in [0.4, 0.5) is 0 Å². The van der Waals surface area contributed by atoms with E-state index < -0.39 is 109 Å². The largest absolute Gasteiger partial charge is 0.462 e. The summed E-state index contributed by atoms with van der Waals surface area (Å²) in [6, 6.07) is 0. The molecule has 2 fully saturated rings. The van der Waals surface area contributed by atoms with Crippen LogP contribution in [0.5, 0.6) is 0 Å². The molecule has 2 aliphatic heterocycles. The molecule has 2 heterocycles. The van der Waals surface area contributed by atoms with Crippen LogP contribution >= 0.6 is 0 Å². The first kappa shape index (κ1) is 59.6. The Balaban J connectivity index is 1.89. The van der Waals surface area contributed by atoms with Crippen LogP contribution in [-0.4, -0.2) is 149 Å². The van der Waals surface area contributed by atoms with Crippen LogP contribution in [0.25, 0.3) is 0 Å². The summed E-state index contributed by atoms with van der Waals surface area (Å²) in [5.74, 6) is -2.14. The van der Waals surface area contributed by atoms with E-state index in [1.54, 1.807) is 0 Å². The third-order valence-electron chi connectivity index (χ3n) is 12.3. The Bertz CT molecular complexity index is 1320. The van der Waals surface area contributed by atoms with Crippen molar-refractivity contribution in [3.8, 4) is 0 Å². The van der Waals surface area contributed by atoms with Crippen LogP contribution in [0, 0.1) is 0 Å². The molecule has 17 nitrogen and oxygen atoms in total. The monoisotopic (exact) mass is 957 g/mol. The predicted molar refractivity (Wildman–Crippen MR) is 243 cm³/mol. The summed E-state index contributed by atoms with van der Waals surface area (Å²) in [6.07, 6.45) is 11.4. The molecule has 0 aromatic rings. The number of aliphatic hydroxyl groups excluding tert-OH is 6. The molecule has 0 aromatic heterocycles. The first-order valence-corrected chi connectivity index (χ1v) is 26.7. The quantitative estimate of drug-likeness (QED) is 0.0213. The number of aliphatic hydroxyl groups is 6. The lowest BCUT2D eigenvalue weighted by Gasteiger charge is -2.46. The van der Waals surface area contributed by atoms with Gasteiger partial charge in [-0.2, -0.15) is 8.42 Å². The van der Waals surface area contributed by atoms with Gasteiger partial charge >= 0.3 is 11.9 Å². The zero-order valence-electron chi connectivity index (χ0n) is 39.6. The van der Waals surface area contributed by atoms with Crippen LogP contribution < -0.4 is 0 Å². The number of unbranched alkanes of at least 4 members (excludes halogenated alkanes) is 24. The molecule has 7 N–H and O–H groups in total. The molecule has 11 unspecified atom stereocenters. The molecule has 384 valence electrons. The maximum Gasteiger partial charge on any atom is 0.306 e. The highest BCUT2D eigenvalue weighted by atomic mass is 32.2. The van der Waals surface area contributed by atoms with E-state index in [4.69, 9.17) is 28.4 Å². The standard InChI is InChI=1S/C47H88O17S/c1-3-5-7-9-11-13-15-17-19-21-23-25-27-29-38(49)59-32-35(61-39(50)30-28-26-24-22-20-18-16-14-12-10-8-6-4-2)33-60-46-44(55)42(53)45(36(31-48)62-46)64-47-43(54)41(52)40(51)37(63-47)34-65(56,57)58/h35-37,40-48,51-55H,3-34H2,1-2H3,(H,56,57,58). The highest BCUT2D eigenvalue weighted by molar-refractivity contribution is 7.85. The summed E-state index contributed by atoms with van der Waals surface area (Å²) < 4.78 is 65.6. The Morgan fingerprint density at radius 1 is 0.523 bits per heavy atom. The average Bonchev–Trinajstić information content (AvgIpc) is 3.27. The van der Waals surface area contributed by atoms with Crippen molar-refractivity contribution < 1.29 is 81.6 Å². The van der Waals surface area contributed by atoms with Crippen molar-refractivity contribution in [2.45, 2.75) is 261 Å². The van der Waals surface area contributed by atoms with E-state index in [1.807, 2.05) is 0 Å². The molecule has 0 amide bonds. The molecule has 0 aliphatic carbocycles. The Labute approximate surface area is 389 Å². The number of hydrogen-bond acceptors (Lipinski definition) is 16. The van der Waals surface area contributed by atoms with Gasteiger partial charge in [0.25, 0.3) is 10.1 Å². The minimum absolute atomic E-state index is 0.139. The van der Waals surface area contributed by atoms with Gasteiger partial charge in [0.05, 0.1) is 13.2 Å². The van der Waals surface area contributed by atoms with Crippen molar-refractivity contribution in [1.82, 2.24) is 0 Å². The van der Waals surface area contributed by atoms with Crippen LogP contribution in [0.1, 0.15) is 194 Å². The molecule has 0 radical (unpaired) electrons. The van der Waals surface area contributed by atoms with Gasteiger partial charge in [-0.3, -0.25) is 14.1 Å². The number of esters is 2. The maximum atomic E-state index is 13.0. The second-order valence-corrected chi connectivity index (χ2v) is 19.7. The normalized spacial score (nSPS) is 26.5. The van der Waals surface area contributed by atoms with Gasteiger partial charge < -0.3 is 59.1 Å². The summed E-state index contributed by atoms with van der Waals surface area (Å²) in [4.78, 5) is 25.7. The molecule has 11 atom stereocenters. The minimum Gasteiger partial charge on any atom is -0.462 e. The first-order chi connectivity index (χ1) is 31.2. The molecule has 0 spiro atoms. The summed E-state index contributed by atoms with van der Waals surface area (Å²) in [7, 11) is -4.72. The zero-order chi connectivity index (χ0) is 47.9. The number of carbonyl (C=O) groups excluding carboxylic acids is 2. The Morgan fingerprint density at radius 3 is 1.38 bits per heavy atom. The van der Waals surface area contributed by atoms with E-state index in [2.05, 4.69) is 13.8 Å². The van der Waals surface area contributed by atoms with Crippen molar-refractivity contribution in [1.29, 1.82) is 0 Å². The summed E-state index contributed by atoms with van der Waals surface area (Å²) in [6.45, 7) is 2.85. The highest BCUT2D eigenvalue weighted by Crippen LogP contribution is 2.30. The van der Waals surface area contributed by atoms with Gasteiger partial charge in [0, 0.05) is 12.8 Å². The topological polar surface area (TPSA) is 265 Å². The Hall–Kier alpha value is -1.55. The van der Waals surface area contributed by atoms with Crippen LogP contribution in [0.15, 0.2) is 0 Å². The fourth-order valence-corrected chi connectivity index (χ4v) is 8.97. The average molecular weight is 957 g/mol. The Kier molecular flexibility index (Phi) is 32.6. The fourth-order valence-electron chi connectivity index (χ4n) is 8.28. The van der Waals surface area contributed by atoms with Gasteiger partial charge in [-0.05, 0) is 12.8 Å². The van der Waals surface area contributed by atoms with Crippen molar-refractivity contribution in [2.75, 3.05) is 25.6 Å². The van der Waals surface area contributed by atoms with Gasteiger partial charge in [0.1, 0.15) is 61.2 Å². The lowest BCUT2D eigenvalue weighted by molar-refractivity contribution is -0.357. The molecule has 0 bridgehead atoms. The number of hydrogen-bond donors (Lipinski definition) is 7. The second-order valence-electron chi connectivity index (χ2n) is 18.2. The van der Waals surface area contributed by atoms with E-state index in [0.29, 0.717) is 12.8 Å². The molecular formula is C47H88O17S. The summed E-state index contributed by atoms with van der Waals surface area (Å²) in [5.41, 5.74) is 0. The highest BCUT2D eigenvalue weighted by Gasteiger charge is 2.51. The fraction of sp³-hybridized carbons (Fsp3) is 0.957. The number of ether oxygens (including phenoxy) is 6. The smallest absolute Gasteiger partial charge is 0.306 e. The summed E-state index contributed by atoms with van der Waals surface area (Å²) in [5, 5.41) is 63.2. The predicted octanol–water partition coefficient (Wildman–Crippen LogP) is 5.94. The van der Waals surface area contributed by atoms with Gasteiger partial charge in [-0.1, -0.05) is 168 Å². The molecule has 2 aliphatic rings. The molecule has 0 aromatic carbocycles. The van der Waals surface area contributed by atoms with E-state index in [-0.39, 0.29) is 19.4 Å². The molecular weight excluding hydrogens is 869 g/mol. The van der Waals surface area contributed by atoms with E-state index >= 15 is 0 Å². The second kappa shape index (κ2) is 35.5.